The van der Waals surface area contributed by atoms with Crippen molar-refractivity contribution in [3.8, 4) is 0 Å². The molecule has 2 amide bonds. The van der Waals surface area contributed by atoms with E-state index in [1.807, 2.05) is 62.1 Å². The number of likely N-dealkylation sites (tertiary alicyclic amines) is 1. The molecule has 1 aliphatic rings. The average molecular weight is 407 g/mol. The lowest BCUT2D eigenvalue weighted by Gasteiger charge is -2.39. The van der Waals surface area contributed by atoms with E-state index >= 15 is 0 Å². The molecule has 0 bridgehead atoms. The summed E-state index contributed by atoms with van der Waals surface area (Å²) in [5.41, 5.74) is 4.88. The number of piperidine rings is 1. The highest BCUT2D eigenvalue weighted by Crippen LogP contribution is 2.29. The lowest BCUT2D eigenvalue weighted by atomic mass is 9.86. The summed E-state index contributed by atoms with van der Waals surface area (Å²) in [6, 6.07) is 13.7. The maximum absolute atomic E-state index is 13.3. The molecule has 0 spiro atoms. The first-order chi connectivity index (χ1) is 14.1. The topological polar surface area (TPSA) is 49.4 Å². The third-order valence-electron chi connectivity index (χ3n) is 6.42. The first kappa shape index (κ1) is 22.1. The van der Waals surface area contributed by atoms with Gasteiger partial charge in [-0.3, -0.25) is 9.59 Å². The van der Waals surface area contributed by atoms with Gasteiger partial charge in [-0.05, 0) is 73.9 Å². The van der Waals surface area contributed by atoms with Gasteiger partial charge in [0, 0.05) is 23.8 Å². The molecule has 0 saturated carbocycles. The van der Waals surface area contributed by atoms with Crippen LogP contribution in [-0.2, 0) is 10.2 Å². The average Bonchev–Trinajstić information content (AvgIpc) is 2.69. The Morgan fingerprint density at radius 2 is 1.77 bits per heavy atom. The molecule has 4 nitrogen and oxygen atoms in total. The zero-order valence-electron chi connectivity index (χ0n) is 19.1. The number of rotatable bonds is 3. The predicted octanol–water partition coefficient (Wildman–Crippen LogP) is 5.48. The van der Waals surface area contributed by atoms with E-state index in [-0.39, 0.29) is 29.2 Å². The zero-order chi connectivity index (χ0) is 22.1. The van der Waals surface area contributed by atoms with Crippen LogP contribution in [0.5, 0.6) is 0 Å². The van der Waals surface area contributed by atoms with Gasteiger partial charge in [-0.1, -0.05) is 45.0 Å². The van der Waals surface area contributed by atoms with E-state index in [0.717, 1.165) is 35.2 Å². The van der Waals surface area contributed by atoms with Crippen molar-refractivity contribution in [3.05, 3.63) is 64.7 Å². The van der Waals surface area contributed by atoms with Gasteiger partial charge < -0.3 is 10.2 Å². The minimum absolute atomic E-state index is 0.00739. The van der Waals surface area contributed by atoms with Crippen molar-refractivity contribution in [3.63, 3.8) is 0 Å². The Balaban J connectivity index is 1.76. The molecule has 2 atom stereocenters. The Bertz CT molecular complexity index is 942. The molecule has 0 aromatic heterocycles. The second kappa shape index (κ2) is 8.63. The summed E-state index contributed by atoms with van der Waals surface area (Å²) in [5.74, 6) is -0.200. The van der Waals surface area contributed by atoms with E-state index in [1.54, 1.807) is 0 Å². The van der Waals surface area contributed by atoms with Gasteiger partial charge in [-0.2, -0.15) is 0 Å². The van der Waals surface area contributed by atoms with Crippen LogP contribution in [0.1, 0.15) is 67.6 Å². The van der Waals surface area contributed by atoms with Crippen LogP contribution in [0.4, 0.5) is 5.69 Å². The number of aryl methyl sites for hydroxylation is 1. The summed E-state index contributed by atoms with van der Waals surface area (Å²) in [6.07, 6.45) is 1.63. The number of hydrogen-bond acceptors (Lipinski definition) is 2. The van der Waals surface area contributed by atoms with E-state index in [1.165, 1.54) is 5.56 Å². The molecule has 30 heavy (non-hydrogen) atoms. The fourth-order valence-electron chi connectivity index (χ4n) is 4.22. The number of carbonyl (C=O) groups is 2. The number of nitrogens with one attached hydrogen (secondary N) is 1. The molecule has 0 unspecified atom stereocenters. The second-order valence-electron chi connectivity index (χ2n) is 9.56. The van der Waals surface area contributed by atoms with E-state index in [4.69, 9.17) is 0 Å². The molecule has 1 fully saturated rings. The van der Waals surface area contributed by atoms with Gasteiger partial charge in [0.2, 0.25) is 5.91 Å². The zero-order valence-corrected chi connectivity index (χ0v) is 19.1. The Morgan fingerprint density at radius 3 is 2.47 bits per heavy atom. The Hall–Kier alpha value is -2.62. The molecule has 2 aromatic carbocycles. The number of nitrogens with zero attached hydrogens (tertiary/aromatic N) is 1. The SMILES string of the molecule is Cc1cccc(C(=O)N2CCC[C@H](C(=O)Nc3cccc(C(C)(C)C)c3)[C@@H]2C)c1C. The van der Waals surface area contributed by atoms with Crippen molar-refractivity contribution in [2.75, 3.05) is 11.9 Å². The van der Waals surface area contributed by atoms with Gasteiger partial charge in [0.1, 0.15) is 0 Å². The van der Waals surface area contributed by atoms with Crippen LogP contribution in [0, 0.1) is 19.8 Å². The quantitative estimate of drug-likeness (QED) is 0.734. The van der Waals surface area contributed by atoms with Gasteiger partial charge in [0.25, 0.3) is 5.91 Å². The monoisotopic (exact) mass is 406 g/mol. The Morgan fingerprint density at radius 1 is 1.07 bits per heavy atom. The maximum Gasteiger partial charge on any atom is 0.254 e. The van der Waals surface area contributed by atoms with Crippen molar-refractivity contribution < 1.29 is 9.59 Å². The molecule has 4 heteroatoms. The number of benzene rings is 2. The summed E-state index contributed by atoms with van der Waals surface area (Å²) >= 11 is 0. The third-order valence-corrected chi connectivity index (χ3v) is 6.42. The van der Waals surface area contributed by atoms with Crippen LogP contribution >= 0.6 is 0 Å². The Kier molecular flexibility index (Phi) is 6.35. The molecule has 2 aromatic rings. The summed E-state index contributed by atoms with van der Waals surface area (Å²) in [6.45, 7) is 13.2. The van der Waals surface area contributed by atoms with Crippen molar-refractivity contribution in [2.24, 2.45) is 5.92 Å². The van der Waals surface area contributed by atoms with Gasteiger partial charge in [-0.25, -0.2) is 0 Å². The molecular weight excluding hydrogens is 372 g/mol. The minimum atomic E-state index is -0.217. The molecule has 160 valence electrons. The fraction of sp³-hybridized carbons (Fsp3) is 0.462. The van der Waals surface area contributed by atoms with Gasteiger partial charge in [0.15, 0.2) is 0 Å². The first-order valence-corrected chi connectivity index (χ1v) is 10.9. The fourth-order valence-corrected chi connectivity index (χ4v) is 4.22. The summed E-state index contributed by atoms with van der Waals surface area (Å²) in [4.78, 5) is 28.3. The number of carbonyl (C=O) groups excluding carboxylic acids is 2. The predicted molar refractivity (Wildman–Crippen MR) is 123 cm³/mol. The van der Waals surface area contributed by atoms with Crippen LogP contribution in [-0.4, -0.2) is 29.3 Å². The molecule has 3 rings (SSSR count). The van der Waals surface area contributed by atoms with Crippen LogP contribution in [0.15, 0.2) is 42.5 Å². The molecule has 1 N–H and O–H groups in total. The largest absolute Gasteiger partial charge is 0.335 e. The van der Waals surface area contributed by atoms with Crippen LogP contribution < -0.4 is 5.32 Å². The maximum atomic E-state index is 13.3. The molecule has 1 aliphatic heterocycles. The van der Waals surface area contributed by atoms with Crippen LogP contribution in [0.25, 0.3) is 0 Å². The second-order valence-corrected chi connectivity index (χ2v) is 9.56. The molecule has 0 aliphatic carbocycles. The highest BCUT2D eigenvalue weighted by atomic mass is 16.2. The van der Waals surface area contributed by atoms with Crippen molar-refractivity contribution in [1.29, 1.82) is 0 Å². The van der Waals surface area contributed by atoms with Crippen molar-refractivity contribution in [2.45, 2.75) is 65.8 Å². The normalized spacial score (nSPS) is 19.5. The lowest BCUT2D eigenvalue weighted by Crippen LogP contribution is -2.50. The van der Waals surface area contributed by atoms with Crippen LogP contribution in [0.3, 0.4) is 0 Å². The van der Waals surface area contributed by atoms with E-state index in [9.17, 15) is 9.59 Å². The summed E-state index contributed by atoms with van der Waals surface area (Å²) in [5, 5.41) is 3.10. The molecule has 0 radical (unpaired) electrons. The van der Waals surface area contributed by atoms with E-state index in [2.05, 4.69) is 32.2 Å². The van der Waals surface area contributed by atoms with Crippen molar-refractivity contribution >= 4 is 17.5 Å². The van der Waals surface area contributed by atoms with Crippen LogP contribution in [0.2, 0.25) is 0 Å². The first-order valence-electron chi connectivity index (χ1n) is 10.9. The Labute approximate surface area is 180 Å². The number of amides is 2. The van der Waals surface area contributed by atoms with Gasteiger partial charge in [-0.15, -0.1) is 0 Å². The highest BCUT2D eigenvalue weighted by molar-refractivity contribution is 5.98. The van der Waals surface area contributed by atoms with E-state index < -0.39 is 0 Å². The molecular formula is C26H34N2O2. The third kappa shape index (κ3) is 4.58. The van der Waals surface area contributed by atoms with E-state index in [0.29, 0.717) is 6.54 Å². The van der Waals surface area contributed by atoms with Crippen molar-refractivity contribution in [1.82, 2.24) is 4.90 Å². The van der Waals surface area contributed by atoms with Gasteiger partial charge in [0.05, 0.1) is 5.92 Å². The molecule has 1 saturated heterocycles. The smallest absolute Gasteiger partial charge is 0.254 e. The standard InChI is InChI=1S/C26H34N2O2/c1-17-10-7-13-22(18(17)2)25(30)28-15-9-14-23(19(28)3)24(29)27-21-12-8-11-20(16-21)26(4,5)6/h7-8,10-13,16,19,23H,9,14-15H2,1-6H3,(H,27,29)/t19-,23-/m0/s1. The number of anilines is 1. The summed E-state index contributed by atoms with van der Waals surface area (Å²) < 4.78 is 0. The number of hydrogen-bond donors (Lipinski definition) is 1. The molecule has 1 heterocycles. The van der Waals surface area contributed by atoms with Gasteiger partial charge >= 0.3 is 0 Å². The minimum Gasteiger partial charge on any atom is -0.335 e. The lowest BCUT2D eigenvalue weighted by molar-refractivity contribution is -0.122. The summed E-state index contributed by atoms with van der Waals surface area (Å²) in [7, 11) is 0. The highest BCUT2D eigenvalue weighted by Gasteiger charge is 2.36.